The average Bonchev–Trinajstić information content (AvgIpc) is 3.39. The number of halogens is 3. The molecule has 0 aliphatic heterocycles. The Morgan fingerprint density at radius 1 is 1.04 bits per heavy atom. The van der Waals surface area contributed by atoms with Crippen LogP contribution in [0, 0.1) is 11.3 Å². The molecular weight excluding hydrogens is 415 g/mol. The number of rotatable bonds is 10. The van der Waals surface area contributed by atoms with E-state index in [-0.39, 0.29) is 6.10 Å². The van der Waals surface area contributed by atoms with Crippen molar-refractivity contribution < 1.29 is 4.43 Å². The van der Waals surface area contributed by atoms with Gasteiger partial charge in [-0.05, 0) is 73.7 Å². The zero-order valence-electron chi connectivity index (χ0n) is 16.9. The Morgan fingerprint density at radius 3 is 2.07 bits per heavy atom. The Balaban J connectivity index is 1.71. The van der Waals surface area contributed by atoms with Gasteiger partial charge >= 0.3 is 0 Å². The Morgan fingerprint density at radius 2 is 1.59 bits per heavy atom. The third kappa shape index (κ3) is 5.06. The molecule has 1 atom stereocenters. The molecule has 0 amide bonds. The van der Waals surface area contributed by atoms with Crippen LogP contribution in [0.15, 0.2) is 12.1 Å². The molecular formula is C22H33Cl3OSi. The van der Waals surface area contributed by atoms with Crippen molar-refractivity contribution in [1.82, 2.24) is 0 Å². The summed E-state index contributed by atoms with van der Waals surface area (Å²) in [6.45, 7) is 6.81. The summed E-state index contributed by atoms with van der Waals surface area (Å²) in [6, 6.07) is 6.99. The van der Waals surface area contributed by atoms with Crippen LogP contribution in [0.1, 0.15) is 77.4 Å². The molecule has 27 heavy (non-hydrogen) atoms. The first kappa shape index (κ1) is 22.0. The molecule has 1 spiro atoms. The summed E-state index contributed by atoms with van der Waals surface area (Å²) in [5.41, 5.74) is 1.74. The lowest BCUT2D eigenvalue weighted by molar-refractivity contribution is 0.137. The second-order valence-corrected chi connectivity index (χ2v) is 14.8. The van der Waals surface area contributed by atoms with Crippen LogP contribution >= 0.6 is 34.8 Å². The van der Waals surface area contributed by atoms with Gasteiger partial charge in [0, 0.05) is 20.6 Å². The molecule has 1 nitrogen and oxygen atoms in total. The van der Waals surface area contributed by atoms with Crippen molar-refractivity contribution in [1.29, 1.82) is 0 Å². The van der Waals surface area contributed by atoms with Gasteiger partial charge in [-0.2, -0.15) is 0 Å². The molecule has 0 aromatic heterocycles. The maximum Gasteiger partial charge on any atom is 0.192 e. The predicted molar refractivity (Wildman–Crippen MR) is 121 cm³/mol. The molecule has 2 saturated carbocycles. The molecule has 1 unspecified atom stereocenters. The van der Waals surface area contributed by atoms with Gasteiger partial charge in [0.15, 0.2) is 8.32 Å². The van der Waals surface area contributed by atoms with E-state index < -0.39 is 8.32 Å². The third-order valence-corrected chi connectivity index (χ3v) is 12.7. The average molecular weight is 448 g/mol. The first-order valence-electron chi connectivity index (χ1n) is 10.7. The van der Waals surface area contributed by atoms with E-state index in [1.54, 1.807) is 12.1 Å². The van der Waals surface area contributed by atoms with Crippen molar-refractivity contribution in [3.05, 3.63) is 32.8 Å². The van der Waals surface area contributed by atoms with Gasteiger partial charge in [0.05, 0.1) is 6.10 Å². The molecule has 5 heteroatoms. The van der Waals surface area contributed by atoms with Gasteiger partial charge < -0.3 is 4.43 Å². The second-order valence-electron chi connectivity index (χ2n) is 8.84. The van der Waals surface area contributed by atoms with E-state index in [1.165, 1.54) is 38.5 Å². The summed E-state index contributed by atoms with van der Waals surface area (Å²) in [5, 5.41) is 1.87. The minimum atomic E-state index is -1.76. The van der Waals surface area contributed by atoms with Crippen molar-refractivity contribution in [2.24, 2.45) is 11.3 Å². The molecule has 0 N–H and O–H groups in total. The Bertz CT molecular complexity index is 616. The topological polar surface area (TPSA) is 9.23 Å². The first-order chi connectivity index (χ1) is 12.9. The standard InChI is InChI=1S/C22H33Cl3OSi/c1-4-27(5-2,6-3)26-20(21-18(24)12-17(23)13-19(21)25)9-7-8-16-14-22(15-16)10-11-22/h12-13,16,20H,4-11,14-15H2,1-3H3. The zero-order valence-corrected chi connectivity index (χ0v) is 20.2. The Labute approximate surface area is 181 Å². The van der Waals surface area contributed by atoms with Crippen LogP contribution in [0.5, 0.6) is 0 Å². The highest BCUT2D eigenvalue weighted by molar-refractivity contribution is 6.73. The van der Waals surface area contributed by atoms with Gasteiger partial charge in [-0.15, -0.1) is 0 Å². The van der Waals surface area contributed by atoms with Crippen LogP contribution in [0.3, 0.4) is 0 Å². The molecule has 0 radical (unpaired) electrons. The van der Waals surface area contributed by atoms with E-state index in [1.807, 2.05) is 0 Å². The lowest BCUT2D eigenvalue weighted by Crippen LogP contribution is -2.37. The van der Waals surface area contributed by atoms with Crippen LogP contribution in [-0.4, -0.2) is 8.32 Å². The number of hydrogen-bond acceptors (Lipinski definition) is 1. The summed E-state index contributed by atoms with van der Waals surface area (Å²) < 4.78 is 6.89. The summed E-state index contributed by atoms with van der Waals surface area (Å²) in [7, 11) is -1.76. The maximum absolute atomic E-state index is 6.89. The van der Waals surface area contributed by atoms with E-state index in [0.717, 1.165) is 41.4 Å². The lowest BCUT2D eigenvalue weighted by atomic mass is 9.70. The zero-order chi connectivity index (χ0) is 19.7. The first-order valence-corrected chi connectivity index (χ1v) is 14.3. The third-order valence-electron chi connectivity index (χ3n) is 7.17. The molecule has 152 valence electrons. The minimum Gasteiger partial charge on any atom is -0.410 e. The molecule has 0 heterocycles. The van der Waals surface area contributed by atoms with Crippen molar-refractivity contribution in [2.45, 2.75) is 90.0 Å². The Kier molecular flexibility index (Phi) is 7.29. The monoisotopic (exact) mass is 446 g/mol. The smallest absolute Gasteiger partial charge is 0.192 e. The molecule has 2 aliphatic carbocycles. The van der Waals surface area contributed by atoms with Gasteiger partial charge in [0.2, 0.25) is 0 Å². The largest absolute Gasteiger partial charge is 0.410 e. The van der Waals surface area contributed by atoms with Crippen molar-refractivity contribution in [3.63, 3.8) is 0 Å². The van der Waals surface area contributed by atoms with Gasteiger partial charge in [0.1, 0.15) is 0 Å². The maximum atomic E-state index is 6.89. The lowest BCUT2D eigenvalue weighted by Gasteiger charge is -2.37. The van der Waals surface area contributed by atoms with Crippen LogP contribution in [0.2, 0.25) is 33.2 Å². The normalized spacial score (nSPS) is 19.9. The summed E-state index contributed by atoms with van der Waals surface area (Å²) in [6.07, 6.45) is 9.34. The molecule has 0 saturated heterocycles. The fourth-order valence-electron chi connectivity index (χ4n) is 4.97. The molecule has 1 aromatic rings. The molecule has 1 aromatic carbocycles. The van der Waals surface area contributed by atoms with Crippen molar-refractivity contribution >= 4 is 43.1 Å². The molecule has 3 rings (SSSR count). The molecule has 2 aliphatic rings. The highest BCUT2D eigenvalue weighted by Crippen LogP contribution is 2.64. The van der Waals surface area contributed by atoms with Crippen LogP contribution in [0.4, 0.5) is 0 Å². The van der Waals surface area contributed by atoms with E-state index >= 15 is 0 Å². The van der Waals surface area contributed by atoms with Gasteiger partial charge in [-0.25, -0.2) is 0 Å². The van der Waals surface area contributed by atoms with E-state index in [9.17, 15) is 0 Å². The number of hydrogen-bond donors (Lipinski definition) is 0. The van der Waals surface area contributed by atoms with Gasteiger partial charge in [0.25, 0.3) is 0 Å². The van der Waals surface area contributed by atoms with Gasteiger partial charge in [-0.3, -0.25) is 0 Å². The highest BCUT2D eigenvalue weighted by atomic mass is 35.5. The fourth-order valence-corrected chi connectivity index (χ4v) is 8.87. The second kappa shape index (κ2) is 8.96. The van der Waals surface area contributed by atoms with Crippen molar-refractivity contribution in [3.8, 4) is 0 Å². The number of benzene rings is 1. The molecule has 2 fully saturated rings. The SMILES string of the molecule is CC[Si](CC)(CC)OC(CCCC1CC2(CC2)C1)c1c(Cl)cc(Cl)cc1Cl. The van der Waals surface area contributed by atoms with Crippen LogP contribution in [-0.2, 0) is 4.43 Å². The highest BCUT2D eigenvalue weighted by Gasteiger charge is 2.52. The van der Waals surface area contributed by atoms with Crippen molar-refractivity contribution in [2.75, 3.05) is 0 Å². The van der Waals surface area contributed by atoms with E-state index in [2.05, 4.69) is 20.8 Å². The van der Waals surface area contributed by atoms with Gasteiger partial charge in [-0.1, -0.05) is 68.4 Å². The van der Waals surface area contributed by atoms with Crippen LogP contribution in [0.25, 0.3) is 0 Å². The van der Waals surface area contributed by atoms with E-state index in [4.69, 9.17) is 39.2 Å². The summed E-state index contributed by atoms with van der Waals surface area (Å²) in [5.74, 6) is 0.926. The molecule has 0 bridgehead atoms. The van der Waals surface area contributed by atoms with E-state index in [0.29, 0.717) is 15.1 Å². The van der Waals surface area contributed by atoms with Crippen LogP contribution < -0.4 is 0 Å². The summed E-state index contributed by atoms with van der Waals surface area (Å²) in [4.78, 5) is 0. The quantitative estimate of drug-likeness (QED) is 0.325. The summed E-state index contributed by atoms with van der Waals surface area (Å²) >= 11 is 19.3. The fraction of sp³-hybridized carbons (Fsp3) is 0.727. The predicted octanol–water partition coefficient (Wildman–Crippen LogP) is 9.07. The minimum absolute atomic E-state index is 0.0104. The Hall–Kier alpha value is 0.267.